The number of hydrogen-bond donors (Lipinski definition) is 0. The van der Waals surface area contributed by atoms with E-state index in [-0.39, 0.29) is 5.78 Å². The van der Waals surface area contributed by atoms with E-state index in [4.69, 9.17) is 0 Å². The zero-order valence-electron chi connectivity index (χ0n) is 10.8. The highest BCUT2D eigenvalue weighted by Crippen LogP contribution is 2.21. The third-order valence-corrected chi connectivity index (χ3v) is 4.04. The molecular weight excluding hydrogens is 260 g/mol. The molecule has 0 bridgehead atoms. The second-order valence-corrected chi connectivity index (χ2v) is 6.45. The minimum atomic E-state index is -3.16. The van der Waals surface area contributed by atoms with Crippen LogP contribution in [0.1, 0.15) is 17.3 Å². The summed E-state index contributed by atoms with van der Waals surface area (Å²) >= 11 is 0. The number of carbonyl (C=O) groups excluding carboxylic acids is 1. The summed E-state index contributed by atoms with van der Waals surface area (Å²) in [4.78, 5) is 11.5. The number of ketones is 1. The summed E-state index contributed by atoms with van der Waals surface area (Å²) in [6.07, 6.45) is 1.18. The van der Waals surface area contributed by atoms with Crippen LogP contribution in [0.15, 0.2) is 53.4 Å². The van der Waals surface area contributed by atoms with Gasteiger partial charge in [0.05, 0.1) is 4.90 Å². The first-order valence-corrected chi connectivity index (χ1v) is 7.68. The van der Waals surface area contributed by atoms with E-state index < -0.39 is 9.84 Å². The van der Waals surface area contributed by atoms with Crippen molar-refractivity contribution in [3.05, 3.63) is 54.1 Å². The van der Waals surface area contributed by atoms with Crippen LogP contribution in [0.3, 0.4) is 0 Å². The molecule has 0 spiro atoms. The first-order chi connectivity index (χ1) is 8.88. The van der Waals surface area contributed by atoms with Crippen LogP contribution in [0.2, 0.25) is 0 Å². The standard InChI is InChI=1S/C15H14O3S/c1-11(16)12-3-5-13(6-4-12)14-7-9-15(10-8-14)19(2,17)18/h3-10H,1-2H3. The van der Waals surface area contributed by atoms with E-state index in [1.165, 1.54) is 13.2 Å². The number of hydrogen-bond acceptors (Lipinski definition) is 3. The van der Waals surface area contributed by atoms with Crippen molar-refractivity contribution in [2.24, 2.45) is 0 Å². The van der Waals surface area contributed by atoms with Gasteiger partial charge in [0.25, 0.3) is 0 Å². The number of rotatable bonds is 3. The van der Waals surface area contributed by atoms with Crippen LogP contribution < -0.4 is 0 Å². The Morgan fingerprint density at radius 1 is 0.842 bits per heavy atom. The summed E-state index contributed by atoms with van der Waals surface area (Å²) in [7, 11) is -3.16. The second kappa shape index (κ2) is 4.97. The van der Waals surface area contributed by atoms with Crippen LogP contribution in [0.5, 0.6) is 0 Å². The molecule has 3 nitrogen and oxygen atoms in total. The van der Waals surface area contributed by atoms with Gasteiger partial charge < -0.3 is 0 Å². The van der Waals surface area contributed by atoms with Gasteiger partial charge in [0.15, 0.2) is 15.6 Å². The Labute approximate surface area is 112 Å². The van der Waals surface area contributed by atoms with Gasteiger partial charge in [0.1, 0.15) is 0 Å². The third-order valence-electron chi connectivity index (χ3n) is 2.91. The molecule has 0 saturated heterocycles. The zero-order valence-corrected chi connectivity index (χ0v) is 11.6. The van der Waals surface area contributed by atoms with Crippen LogP contribution in [0.25, 0.3) is 11.1 Å². The van der Waals surface area contributed by atoms with E-state index in [1.54, 1.807) is 36.4 Å². The highest BCUT2D eigenvalue weighted by atomic mass is 32.2. The predicted molar refractivity (Wildman–Crippen MR) is 75.0 cm³/mol. The number of sulfone groups is 1. The predicted octanol–water partition coefficient (Wildman–Crippen LogP) is 2.96. The maximum absolute atomic E-state index is 11.4. The lowest BCUT2D eigenvalue weighted by atomic mass is 10.0. The van der Waals surface area contributed by atoms with Crippen molar-refractivity contribution in [2.45, 2.75) is 11.8 Å². The smallest absolute Gasteiger partial charge is 0.175 e. The van der Waals surface area contributed by atoms with E-state index in [2.05, 4.69) is 0 Å². The molecule has 0 fully saturated rings. The molecule has 0 unspecified atom stereocenters. The summed E-state index contributed by atoms with van der Waals surface area (Å²) in [5.41, 5.74) is 2.53. The fourth-order valence-electron chi connectivity index (χ4n) is 1.79. The van der Waals surface area contributed by atoms with Gasteiger partial charge in [0.2, 0.25) is 0 Å². The van der Waals surface area contributed by atoms with Crippen LogP contribution in [0.4, 0.5) is 0 Å². The Morgan fingerprint density at radius 3 is 1.63 bits per heavy atom. The van der Waals surface area contributed by atoms with Crippen LogP contribution >= 0.6 is 0 Å². The second-order valence-electron chi connectivity index (χ2n) is 4.43. The molecule has 0 radical (unpaired) electrons. The van der Waals surface area contributed by atoms with Gasteiger partial charge >= 0.3 is 0 Å². The molecule has 0 aromatic heterocycles. The molecule has 0 saturated carbocycles. The van der Waals surface area contributed by atoms with Crippen molar-refractivity contribution in [1.29, 1.82) is 0 Å². The first-order valence-electron chi connectivity index (χ1n) is 5.79. The van der Waals surface area contributed by atoms with E-state index in [1.807, 2.05) is 12.1 Å². The molecule has 98 valence electrons. The van der Waals surface area contributed by atoms with E-state index >= 15 is 0 Å². The average Bonchev–Trinajstić information content (AvgIpc) is 2.38. The topological polar surface area (TPSA) is 51.2 Å². The minimum absolute atomic E-state index is 0.0268. The summed E-state index contributed by atoms with van der Waals surface area (Å²) in [6, 6.07) is 13.9. The van der Waals surface area contributed by atoms with Crippen LogP contribution in [-0.2, 0) is 9.84 Å². The van der Waals surface area contributed by atoms with Gasteiger partial charge in [-0.25, -0.2) is 8.42 Å². The molecule has 0 aliphatic heterocycles. The fourth-order valence-corrected chi connectivity index (χ4v) is 2.42. The van der Waals surface area contributed by atoms with Crippen molar-refractivity contribution in [3.63, 3.8) is 0 Å². The Kier molecular flexibility index (Phi) is 3.53. The molecule has 2 aromatic rings. The van der Waals surface area contributed by atoms with Gasteiger partial charge in [-0.1, -0.05) is 36.4 Å². The lowest BCUT2D eigenvalue weighted by Crippen LogP contribution is -1.96. The molecular formula is C15H14O3S. The zero-order chi connectivity index (χ0) is 14.0. The molecule has 19 heavy (non-hydrogen) atoms. The molecule has 0 amide bonds. The van der Waals surface area contributed by atoms with E-state index in [0.717, 1.165) is 11.1 Å². The third kappa shape index (κ3) is 3.09. The molecule has 0 heterocycles. The molecule has 0 atom stereocenters. The Bertz CT molecular complexity index is 696. The van der Waals surface area contributed by atoms with Crippen LogP contribution in [0, 0.1) is 0 Å². The van der Waals surface area contributed by atoms with Crippen LogP contribution in [-0.4, -0.2) is 20.5 Å². The van der Waals surface area contributed by atoms with Gasteiger partial charge in [-0.05, 0) is 30.2 Å². The van der Waals surface area contributed by atoms with Gasteiger partial charge in [0, 0.05) is 11.8 Å². The summed E-state index contributed by atoms with van der Waals surface area (Å²) < 4.78 is 22.7. The van der Waals surface area contributed by atoms with Gasteiger partial charge in [-0.3, -0.25) is 4.79 Å². The largest absolute Gasteiger partial charge is 0.295 e. The SMILES string of the molecule is CC(=O)c1ccc(-c2ccc(S(C)(=O)=O)cc2)cc1. The maximum atomic E-state index is 11.4. The molecule has 2 rings (SSSR count). The number of carbonyl (C=O) groups is 1. The van der Waals surface area contributed by atoms with Crippen molar-refractivity contribution >= 4 is 15.6 Å². The maximum Gasteiger partial charge on any atom is 0.175 e. The Balaban J connectivity index is 2.35. The first kappa shape index (κ1) is 13.5. The molecule has 0 N–H and O–H groups in total. The van der Waals surface area contributed by atoms with Crippen molar-refractivity contribution < 1.29 is 13.2 Å². The monoisotopic (exact) mass is 274 g/mol. The van der Waals surface area contributed by atoms with Crippen molar-refractivity contribution in [3.8, 4) is 11.1 Å². The molecule has 0 aliphatic carbocycles. The lowest BCUT2D eigenvalue weighted by Gasteiger charge is -2.04. The van der Waals surface area contributed by atoms with Gasteiger partial charge in [-0.2, -0.15) is 0 Å². The summed E-state index contributed by atoms with van der Waals surface area (Å²) in [5.74, 6) is 0.0268. The highest BCUT2D eigenvalue weighted by Gasteiger charge is 2.07. The molecule has 4 heteroatoms. The lowest BCUT2D eigenvalue weighted by molar-refractivity contribution is 0.101. The summed E-state index contributed by atoms with van der Waals surface area (Å²) in [5, 5.41) is 0. The van der Waals surface area contributed by atoms with E-state index in [0.29, 0.717) is 10.5 Å². The van der Waals surface area contributed by atoms with Crippen molar-refractivity contribution in [2.75, 3.05) is 6.26 Å². The van der Waals surface area contributed by atoms with Crippen molar-refractivity contribution in [1.82, 2.24) is 0 Å². The normalized spacial score (nSPS) is 11.3. The highest BCUT2D eigenvalue weighted by molar-refractivity contribution is 7.90. The fraction of sp³-hybridized carbons (Fsp3) is 0.133. The number of Topliss-reactive ketones (excluding diaryl/α,β-unsaturated/α-hetero) is 1. The molecule has 2 aromatic carbocycles. The Morgan fingerprint density at radius 2 is 1.26 bits per heavy atom. The number of benzene rings is 2. The quantitative estimate of drug-likeness (QED) is 0.808. The Hall–Kier alpha value is -1.94. The van der Waals surface area contributed by atoms with E-state index in [9.17, 15) is 13.2 Å². The summed E-state index contributed by atoms with van der Waals surface area (Å²) in [6.45, 7) is 1.52. The van der Waals surface area contributed by atoms with Gasteiger partial charge in [-0.15, -0.1) is 0 Å². The minimum Gasteiger partial charge on any atom is -0.295 e. The average molecular weight is 274 g/mol. The molecule has 0 aliphatic rings.